The van der Waals surface area contributed by atoms with Crippen LogP contribution >= 0.6 is 0 Å². The van der Waals surface area contributed by atoms with Crippen molar-refractivity contribution in [2.45, 2.75) is 39.8 Å². The summed E-state index contributed by atoms with van der Waals surface area (Å²) in [6.45, 7) is 6.29. The van der Waals surface area contributed by atoms with Crippen LogP contribution in [0.2, 0.25) is 0 Å². The second-order valence-electron chi connectivity index (χ2n) is 4.18. The summed E-state index contributed by atoms with van der Waals surface area (Å²) in [6, 6.07) is 2.11. The molecule has 0 atom stereocenters. The van der Waals surface area contributed by atoms with Crippen molar-refractivity contribution < 1.29 is 9.53 Å². The standard InChI is InChI=1S/C12H16N2O2/c1-4-9-5-11-10(13-6-9)7-16-12(15)14(11)8(2)3/h5-6,8H,4,7H2,1-3H3. The molecule has 0 spiro atoms. The number of hydrogen-bond acceptors (Lipinski definition) is 3. The van der Waals surface area contributed by atoms with Crippen LogP contribution in [0.1, 0.15) is 32.0 Å². The molecule has 1 aromatic heterocycles. The van der Waals surface area contributed by atoms with Crippen LogP contribution in [0.15, 0.2) is 12.3 Å². The average Bonchev–Trinajstić information content (AvgIpc) is 2.27. The predicted molar refractivity (Wildman–Crippen MR) is 61.4 cm³/mol. The summed E-state index contributed by atoms with van der Waals surface area (Å²) in [5.74, 6) is 0. The number of ether oxygens (including phenoxy) is 1. The predicted octanol–water partition coefficient (Wildman–Crippen LogP) is 2.51. The van der Waals surface area contributed by atoms with E-state index in [9.17, 15) is 4.79 Å². The summed E-state index contributed by atoms with van der Waals surface area (Å²) in [4.78, 5) is 17.7. The minimum absolute atomic E-state index is 0.0838. The van der Waals surface area contributed by atoms with Crippen LogP contribution in [-0.2, 0) is 17.8 Å². The zero-order chi connectivity index (χ0) is 11.7. The highest BCUT2D eigenvalue weighted by Gasteiger charge is 2.28. The number of cyclic esters (lactones) is 1. The first-order valence-electron chi connectivity index (χ1n) is 5.57. The maximum atomic E-state index is 11.7. The topological polar surface area (TPSA) is 42.4 Å². The lowest BCUT2D eigenvalue weighted by Gasteiger charge is -2.31. The quantitative estimate of drug-likeness (QED) is 0.769. The summed E-state index contributed by atoms with van der Waals surface area (Å²) in [5.41, 5.74) is 2.87. The number of aryl methyl sites for hydroxylation is 1. The molecule has 0 N–H and O–H groups in total. The smallest absolute Gasteiger partial charge is 0.414 e. The van der Waals surface area contributed by atoms with Gasteiger partial charge in [0.05, 0.1) is 5.69 Å². The van der Waals surface area contributed by atoms with Gasteiger partial charge in [-0.25, -0.2) is 4.79 Å². The van der Waals surface area contributed by atoms with E-state index < -0.39 is 0 Å². The van der Waals surface area contributed by atoms with Gasteiger partial charge >= 0.3 is 6.09 Å². The molecule has 0 aromatic carbocycles. The first-order chi connectivity index (χ1) is 7.63. The lowest BCUT2D eigenvalue weighted by Crippen LogP contribution is -2.41. The molecule has 1 amide bonds. The molecule has 86 valence electrons. The molecule has 0 bridgehead atoms. The fourth-order valence-corrected chi connectivity index (χ4v) is 1.82. The van der Waals surface area contributed by atoms with E-state index >= 15 is 0 Å². The highest BCUT2D eigenvalue weighted by molar-refractivity contribution is 5.90. The van der Waals surface area contributed by atoms with Gasteiger partial charge in [-0.05, 0) is 31.9 Å². The SMILES string of the molecule is CCc1cnc2c(c1)N(C(C)C)C(=O)OC2. The number of hydrogen-bond donors (Lipinski definition) is 0. The van der Waals surface area contributed by atoms with E-state index in [1.165, 1.54) is 0 Å². The van der Waals surface area contributed by atoms with E-state index in [-0.39, 0.29) is 18.7 Å². The van der Waals surface area contributed by atoms with Gasteiger partial charge in [-0.1, -0.05) is 6.92 Å². The second-order valence-corrected chi connectivity index (χ2v) is 4.18. The van der Waals surface area contributed by atoms with Crippen molar-refractivity contribution >= 4 is 11.8 Å². The van der Waals surface area contributed by atoms with Crippen molar-refractivity contribution in [2.24, 2.45) is 0 Å². The monoisotopic (exact) mass is 220 g/mol. The molecule has 1 aliphatic heterocycles. The molecule has 0 radical (unpaired) electrons. The Labute approximate surface area is 95.2 Å². The minimum Gasteiger partial charge on any atom is -0.443 e. The van der Waals surface area contributed by atoms with Gasteiger partial charge < -0.3 is 4.74 Å². The van der Waals surface area contributed by atoms with E-state index in [4.69, 9.17) is 4.74 Å². The number of pyridine rings is 1. The third-order valence-corrected chi connectivity index (χ3v) is 2.72. The van der Waals surface area contributed by atoms with E-state index in [2.05, 4.69) is 11.9 Å². The van der Waals surface area contributed by atoms with Gasteiger partial charge in [0.2, 0.25) is 0 Å². The largest absolute Gasteiger partial charge is 0.443 e. The van der Waals surface area contributed by atoms with E-state index in [1.807, 2.05) is 26.1 Å². The number of nitrogens with zero attached hydrogens (tertiary/aromatic N) is 2. The molecule has 2 rings (SSSR count). The van der Waals surface area contributed by atoms with E-state index in [1.54, 1.807) is 4.90 Å². The summed E-state index contributed by atoms with van der Waals surface area (Å²) in [6.07, 6.45) is 2.48. The molecule has 0 saturated carbocycles. The Morgan fingerprint density at radius 1 is 1.56 bits per heavy atom. The van der Waals surface area contributed by atoms with E-state index in [0.29, 0.717) is 0 Å². The number of carbonyl (C=O) groups excluding carboxylic acids is 1. The summed E-state index contributed by atoms with van der Waals surface area (Å²) in [5, 5.41) is 0. The number of carbonyl (C=O) groups is 1. The average molecular weight is 220 g/mol. The number of fused-ring (bicyclic) bond motifs is 1. The van der Waals surface area contributed by atoms with Crippen molar-refractivity contribution in [3.63, 3.8) is 0 Å². The molecule has 0 unspecified atom stereocenters. The number of rotatable bonds is 2. The fraction of sp³-hybridized carbons (Fsp3) is 0.500. The van der Waals surface area contributed by atoms with Gasteiger partial charge in [-0.15, -0.1) is 0 Å². The zero-order valence-electron chi connectivity index (χ0n) is 9.86. The minimum atomic E-state index is -0.280. The maximum Gasteiger partial charge on any atom is 0.414 e. The lowest BCUT2D eigenvalue weighted by molar-refractivity contribution is 0.138. The summed E-state index contributed by atoms with van der Waals surface area (Å²) < 4.78 is 5.08. The van der Waals surface area contributed by atoms with E-state index in [0.717, 1.165) is 23.4 Å². The highest BCUT2D eigenvalue weighted by atomic mass is 16.6. The van der Waals surface area contributed by atoms with Gasteiger partial charge in [0.25, 0.3) is 0 Å². The second kappa shape index (κ2) is 4.12. The van der Waals surface area contributed by atoms with Crippen LogP contribution in [-0.4, -0.2) is 17.1 Å². The Bertz CT molecular complexity index is 415. The Hall–Kier alpha value is -1.58. The van der Waals surface area contributed by atoms with Gasteiger partial charge in [0.1, 0.15) is 12.3 Å². The molecule has 1 aliphatic rings. The highest BCUT2D eigenvalue weighted by Crippen LogP contribution is 2.28. The third-order valence-electron chi connectivity index (χ3n) is 2.72. The first kappa shape index (κ1) is 10.9. The summed E-state index contributed by atoms with van der Waals surface area (Å²) >= 11 is 0. The van der Waals surface area contributed by atoms with Gasteiger partial charge in [-0.3, -0.25) is 9.88 Å². The maximum absolute atomic E-state index is 11.7. The van der Waals surface area contributed by atoms with Crippen LogP contribution in [0.25, 0.3) is 0 Å². The molecule has 0 fully saturated rings. The molecule has 16 heavy (non-hydrogen) atoms. The third kappa shape index (κ3) is 1.75. The van der Waals surface area contributed by atoms with Gasteiger partial charge in [0, 0.05) is 12.2 Å². The Morgan fingerprint density at radius 2 is 2.31 bits per heavy atom. The normalized spacial score (nSPS) is 15.0. The van der Waals surface area contributed by atoms with Gasteiger partial charge in [-0.2, -0.15) is 0 Å². The molecular weight excluding hydrogens is 204 g/mol. The molecule has 0 aliphatic carbocycles. The van der Waals surface area contributed by atoms with Crippen molar-refractivity contribution in [1.29, 1.82) is 0 Å². The van der Waals surface area contributed by atoms with Crippen molar-refractivity contribution in [1.82, 2.24) is 4.98 Å². The lowest BCUT2D eigenvalue weighted by atomic mass is 10.1. The number of anilines is 1. The molecule has 2 heterocycles. The van der Waals surface area contributed by atoms with Gasteiger partial charge in [0.15, 0.2) is 0 Å². The molecule has 4 heteroatoms. The van der Waals surface area contributed by atoms with Crippen LogP contribution in [0, 0.1) is 0 Å². The molecule has 0 saturated heterocycles. The van der Waals surface area contributed by atoms with Crippen molar-refractivity contribution in [2.75, 3.05) is 4.90 Å². The summed E-state index contributed by atoms with van der Waals surface area (Å²) in [7, 11) is 0. The van der Waals surface area contributed by atoms with Crippen LogP contribution in [0.5, 0.6) is 0 Å². The fourth-order valence-electron chi connectivity index (χ4n) is 1.82. The Balaban J connectivity index is 2.48. The van der Waals surface area contributed by atoms with Crippen LogP contribution < -0.4 is 4.90 Å². The molecule has 1 aromatic rings. The first-order valence-corrected chi connectivity index (χ1v) is 5.57. The van der Waals surface area contributed by atoms with Crippen molar-refractivity contribution in [3.05, 3.63) is 23.5 Å². The Morgan fingerprint density at radius 3 is 2.94 bits per heavy atom. The molecular formula is C12H16N2O2. The Kier molecular flexibility index (Phi) is 2.81. The van der Waals surface area contributed by atoms with Crippen LogP contribution in [0.4, 0.5) is 10.5 Å². The zero-order valence-corrected chi connectivity index (χ0v) is 9.86. The van der Waals surface area contributed by atoms with Crippen LogP contribution in [0.3, 0.4) is 0 Å². The molecule has 4 nitrogen and oxygen atoms in total. The number of amides is 1. The number of aromatic nitrogens is 1. The van der Waals surface area contributed by atoms with Crippen molar-refractivity contribution in [3.8, 4) is 0 Å².